The Labute approximate surface area is 89.8 Å². The van der Waals surface area contributed by atoms with Gasteiger partial charge in [0.2, 0.25) is 0 Å². The molecular weight excluding hydrogens is 196 g/mol. The summed E-state index contributed by atoms with van der Waals surface area (Å²) in [6, 6.07) is 0. The Morgan fingerprint density at radius 3 is 1.50 bits per heavy atom. The highest BCUT2D eigenvalue weighted by Gasteiger charge is 2.14. The molecule has 84 valence electrons. The standard InChI is InChI=1S/C11H22O2S/c12-14(13)11-9-7-5-3-1-2-4-6-8-10-11/h11H,1-10H2,(H,12,13). The zero-order chi connectivity index (χ0) is 10.2. The maximum atomic E-state index is 11.0. The summed E-state index contributed by atoms with van der Waals surface area (Å²) in [4.78, 5) is 0. The third kappa shape index (κ3) is 5.11. The molecule has 0 aromatic heterocycles. The molecule has 0 aromatic rings. The van der Waals surface area contributed by atoms with E-state index in [2.05, 4.69) is 0 Å². The minimum atomic E-state index is -1.59. The fourth-order valence-corrected chi connectivity index (χ4v) is 2.89. The van der Waals surface area contributed by atoms with Crippen LogP contribution in [0.5, 0.6) is 0 Å². The van der Waals surface area contributed by atoms with E-state index in [1.807, 2.05) is 0 Å². The van der Waals surface area contributed by atoms with Crippen LogP contribution in [0.15, 0.2) is 0 Å². The topological polar surface area (TPSA) is 37.3 Å². The zero-order valence-corrected chi connectivity index (χ0v) is 9.73. The monoisotopic (exact) mass is 218 g/mol. The molecule has 3 heteroatoms. The van der Waals surface area contributed by atoms with Crippen molar-refractivity contribution in [2.45, 2.75) is 69.5 Å². The fourth-order valence-electron chi connectivity index (χ4n) is 2.15. The average Bonchev–Trinajstić information content (AvgIpc) is 2.21. The van der Waals surface area contributed by atoms with Crippen LogP contribution < -0.4 is 0 Å². The normalized spacial score (nSPS) is 25.2. The van der Waals surface area contributed by atoms with E-state index < -0.39 is 11.1 Å². The molecule has 1 aliphatic carbocycles. The fraction of sp³-hybridized carbons (Fsp3) is 1.00. The second-order valence-corrected chi connectivity index (χ2v) is 5.52. The van der Waals surface area contributed by atoms with E-state index in [1.165, 1.54) is 38.5 Å². The molecule has 1 rings (SSSR count). The van der Waals surface area contributed by atoms with Gasteiger partial charge in [0, 0.05) is 0 Å². The predicted octanol–water partition coefficient (Wildman–Crippen LogP) is 3.49. The molecule has 0 spiro atoms. The van der Waals surface area contributed by atoms with Gasteiger partial charge in [-0.3, -0.25) is 0 Å². The largest absolute Gasteiger partial charge is 0.306 e. The van der Waals surface area contributed by atoms with Crippen molar-refractivity contribution in [1.29, 1.82) is 0 Å². The van der Waals surface area contributed by atoms with Crippen LogP contribution in [-0.2, 0) is 11.1 Å². The highest BCUT2D eigenvalue weighted by Crippen LogP contribution is 2.19. The first-order chi connectivity index (χ1) is 6.80. The second kappa shape index (κ2) is 7.41. The summed E-state index contributed by atoms with van der Waals surface area (Å²) in [5, 5.41) is 0.0492. The van der Waals surface area contributed by atoms with E-state index in [0.717, 1.165) is 25.7 Å². The lowest BCUT2D eigenvalue weighted by Gasteiger charge is -2.11. The molecule has 14 heavy (non-hydrogen) atoms. The lowest BCUT2D eigenvalue weighted by molar-refractivity contribution is 0.512. The highest BCUT2D eigenvalue weighted by molar-refractivity contribution is 7.79. The van der Waals surface area contributed by atoms with E-state index in [1.54, 1.807) is 0 Å². The zero-order valence-electron chi connectivity index (χ0n) is 8.91. The van der Waals surface area contributed by atoms with Crippen molar-refractivity contribution in [3.05, 3.63) is 0 Å². The molecule has 2 nitrogen and oxygen atoms in total. The van der Waals surface area contributed by atoms with Crippen LogP contribution in [0, 0.1) is 0 Å². The SMILES string of the molecule is O=S(O)C1CCCCCCCCCC1. The number of hydrogen-bond acceptors (Lipinski definition) is 1. The molecular formula is C11H22O2S. The van der Waals surface area contributed by atoms with Gasteiger partial charge >= 0.3 is 0 Å². The van der Waals surface area contributed by atoms with Crippen LogP contribution in [0.25, 0.3) is 0 Å². The molecule has 0 aromatic carbocycles. The highest BCUT2D eigenvalue weighted by atomic mass is 32.2. The summed E-state index contributed by atoms with van der Waals surface area (Å²) in [6.45, 7) is 0. The van der Waals surface area contributed by atoms with Crippen molar-refractivity contribution in [2.75, 3.05) is 0 Å². The molecule has 1 fully saturated rings. The first-order valence-electron chi connectivity index (χ1n) is 5.90. The van der Waals surface area contributed by atoms with Gasteiger partial charge in [-0.2, -0.15) is 0 Å². The molecule has 0 heterocycles. The van der Waals surface area contributed by atoms with E-state index in [4.69, 9.17) is 4.55 Å². The molecule has 0 amide bonds. The minimum Gasteiger partial charge on any atom is -0.306 e. The Balaban J connectivity index is 2.31. The van der Waals surface area contributed by atoms with Crippen LogP contribution in [0.1, 0.15) is 64.2 Å². The molecule has 0 aliphatic heterocycles. The Morgan fingerprint density at radius 2 is 1.14 bits per heavy atom. The van der Waals surface area contributed by atoms with E-state index in [9.17, 15) is 4.21 Å². The van der Waals surface area contributed by atoms with Gasteiger partial charge in [0.25, 0.3) is 0 Å². The van der Waals surface area contributed by atoms with Crippen molar-refractivity contribution in [3.63, 3.8) is 0 Å². The van der Waals surface area contributed by atoms with Crippen molar-refractivity contribution in [3.8, 4) is 0 Å². The predicted molar refractivity (Wildman–Crippen MR) is 60.7 cm³/mol. The summed E-state index contributed by atoms with van der Waals surface area (Å²) in [5.74, 6) is 0. The van der Waals surface area contributed by atoms with Gasteiger partial charge < -0.3 is 4.55 Å². The van der Waals surface area contributed by atoms with Crippen LogP contribution >= 0.6 is 0 Å². The summed E-state index contributed by atoms with van der Waals surface area (Å²) in [6.07, 6.45) is 12.0. The van der Waals surface area contributed by atoms with Crippen molar-refractivity contribution < 1.29 is 8.76 Å². The van der Waals surface area contributed by atoms with E-state index in [0.29, 0.717) is 0 Å². The van der Waals surface area contributed by atoms with Crippen molar-refractivity contribution in [2.24, 2.45) is 0 Å². The quantitative estimate of drug-likeness (QED) is 0.684. The smallest absolute Gasteiger partial charge is 0.155 e. The van der Waals surface area contributed by atoms with Gasteiger partial charge in [0.15, 0.2) is 11.1 Å². The van der Waals surface area contributed by atoms with Crippen LogP contribution in [0.4, 0.5) is 0 Å². The molecule has 1 saturated carbocycles. The molecule has 1 atom stereocenters. The maximum Gasteiger partial charge on any atom is 0.155 e. The van der Waals surface area contributed by atoms with Gasteiger partial charge in [0.05, 0.1) is 5.25 Å². The lowest BCUT2D eigenvalue weighted by atomic mass is 10.1. The van der Waals surface area contributed by atoms with Gasteiger partial charge in [-0.05, 0) is 12.8 Å². The average molecular weight is 218 g/mol. The van der Waals surface area contributed by atoms with Gasteiger partial charge in [-0.25, -0.2) is 4.21 Å². The summed E-state index contributed by atoms with van der Waals surface area (Å²) >= 11 is -1.59. The van der Waals surface area contributed by atoms with Gasteiger partial charge in [-0.1, -0.05) is 51.4 Å². The molecule has 1 unspecified atom stereocenters. The Bertz CT molecular complexity index is 159. The Morgan fingerprint density at radius 1 is 0.786 bits per heavy atom. The van der Waals surface area contributed by atoms with Crippen LogP contribution in [0.2, 0.25) is 0 Å². The lowest BCUT2D eigenvalue weighted by Crippen LogP contribution is -2.14. The summed E-state index contributed by atoms with van der Waals surface area (Å²) in [5.41, 5.74) is 0. The second-order valence-electron chi connectivity index (χ2n) is 4.30. The first kappa shape index (κ1) is 12.2. The van der Waals surface area contributed by atoms with E-state index in [-0.39, 0.29) is 5.25 Å². The van der Waals surface area contributed by atoms with Gasteiger partial charge in [0.1, 0.15) is 0 Å². The van der Waals surface area contributed by atoms with Crippen molar-refractivity contribution in [1.82, 2.24) is 0 Å². The number of rotatable bonds is 1. The molecule has 1 N–H and O–H groups in total. The third-order valence-corrected chi connectivity index (χ3v) is 4.13. The summed E-state index contributed by atoms with van der Waals surface area (Å²) < 4.78 is 20.1. The van der Waals surface area contributed by atoms with Crippen LogP contribution in [0.3, 0.4) is 0 Å². The van der Waals surface area contributed by atoms with Gasteiger partial charge in [-0.15, -0.1) is 0 Å². The minimum absolute atomic E-state index is 0.0492. The van der Waals surface area contributed by atoms with Crippen LogP contribution in [-0.4, -0.2) is 14.0 Å². The molecule has 0 saturated heterocycles. The maximum absolute atomic E-state index is 11.0. The third-order valence-electron chi connectivity index (χ3n) is 3.09. The van der Waals surface area contributed by atoms with Crippen molar-refractivity contribution >= 4 is 11.1 Å². The summed E-state index contributed by atoms with van der Waals surface area (Å²) in [7, 11) is 0. The molecule has 1 aliphatic rings. The Kier molecular flexibility index (Phi) is 6.45. The van der Waals surface area contributed by atoms with E-state index >= 15 is 0 Å². The molecule has 0 bridgehead atoms. The first-order valence-corrected chi connectivity index (χ1v) is 7.07. The molecule has 0 radical (unpaired) electrons. The Hall–Kier alpha value is 0.110. The number of hydrogen-bond donors (Lipinski definition) is 1.